The van der Waals surface area contributed by atoms with Gasteiger partial charge in [0.05, 0.1) is 17.6 Å². The SMILES string of the molecule is O=C(Cc1cnccn1)NCCc1c(-c2ccc(F)cc2)[nH]c2c(F)cc(F)cc12. The Balaban J connectivity index is 1.59. The fraction of sp³-hybridized carbons (Fsp3) is 0.136. The quantitative estimate of drug-likeness (QED) is 0.506. The van der Waals surface area contributed by atoms with Crippen molar-refractivity contribution in [2.75, 3.05) is 6.54 Å². The zero-order valence-electron chi connectivity index (χ0n) is 15.8. The molecule has 0 aliphatic rings. The van der Waals surface area contributed by atoms with Crippen LogP contribution in [0.3, 0.4) is 0 Å². The average Bonchev–Trinajstić information content (AvgIpc) is 3.08. The van der Waals surface area contributed by atoms with Crippen LogP contribution in [0.1, 0.15) is 11.3 Å². The molecule has 8 heteroatoms. The van der Waals surface area contributed by atoms with Gasteiger partial charge in [0.15, 0.2) is 0 Å². The van der Waals surface area contributed by atoms with Crippen LogP contribution in [-0.4, -0.2) is 27.4 Å². The largest absolute Gasteiger partial charge is 0.355 e. The molecule has 2 heterocycles. The summed E-state index contributed by atoms with van der Waals surface area (Å²) in [5.74, 6) is -2.05. The second kappa shape index (κ2) is 8.36. The molecular formula is C22H17F3N4O. The molecule has 2 aromatic heterocycles. The molecule has 0 bridgehead atoms. The zero-order valence-corrected chi connectivity index (χ0v) is 15.8. The van der Waals surface area contributed by atoms with Gasteiger partial charge in [-0.1, -0.05) is 0 Å². The topological polar surface area (TPSA) is 70.7 Å². The Labute approximate surface area is 170 Å². The van der Waals surface area contributed by atoms with Crippen molar-refractivity contribution < 1.29 is 18.0 Å². The molecule has 30 heavy (non-hydrogen) atoms. The molecule has 0 fully saturated rings. The Morgan fingerprint density at radius 1 is 1.03 bits per heavy atom. The van der Waals surface area contributed by atoms with Gasteiger partial charge in [-0.2, -0.15) is 0 Å². The number of hydrogen-bond acceptors (Lipinski definition) is 3. The highest BCUT2D eigenvalue weighted by atomic mass is 19.1. The Kier molecular flexibility index (Phi) is 5.47. The van der Waals surface area contributed by atoms with Crippen LogP contribution in [0.15, 0.2) is 55.0 Å². The lowest BCUT2D eigenvalue weighted by atomic mass is 10.0. The number of halogens is 3. The number of rotatable bonds is 6. The molecule has 0 aliphatic heterocycles. The molecule has 1 amide bonds. The molecule has 0 saturated carbocycles. The number of carbonyl (C=O) groups excluding carboxylic acids is 1. The van der Waals surface area contributed by atoms with E-state index in [4.69, 9.17) is 0 Å². The van der Waals surface area contributed by atoms with Crippen LogP contribution in [0.25, 0.3) is 22.2 Å². The van der Waals surface area contributed by atoms with E-state index in [1.807, 2.05) is 0 Å². The lowest BCUT2D eigenvalue weighted by Crippen LogP contribution is -2.27. The normalized spacial score (nSPS) is 11.0. The van der Waals surface area contributed by atoms with Crippen molar-refractivity contribution in [1.82, 2.24) is 20.3 Å². The fourth-order valence-electron chi connectivity index (χ4n) is 3.37. The average molecular weight is 410 g/mol. The second-order valence-corrected chi connectivity index (χ2v) is 6.77. The maximum Gasteiger partial charge on any atom is 0.226 e. The summed E-state index contributed by atoms with van der Waals surface area (Å²) < 4.78 is 41.5. The van der Waals surface area contributed by atoms with Gasteiger partial charge in [-0.05, 0) is 47.9 Å². The van der Waals surface area contributed by atoms with Crippen molar-refractivity contribution >= 4 is 16.8 Å². The summed E-state index contributed by atoms with van der Waals surface area (Å²) in [5, 5.41) is 3.17. The third-order valence-corrected chi connectivity index (χ3v) is 4.72. The first-order valence-corrected chi connectivity index (χ1v) is 9.28. The summed E-state index contributed by atoms with van der Waals surface area (Å²) in [6.07, 6.45) is 4.94. The summed E-state index contributed by atoms with van der Waals surface area (Å²) in [4.78, 5) is 23.1. The fourth-order valence-corrected chi connectivity index (χ4v) is 3.37. The molecule has 0 atom stereocenters. The monoisotopic (exact) mass is 410 g/mol. The van der Waals surface area contributed by atoms with Crippen molar-refractivity contribution in [2.45, 2.75) is 12.8 Å². The second-order valence-electron chi connectivity index (χ2n) is 6.77. The van der Waals surface area contributed by atoms with Crippen LogP contribution in [0, 0.1) is 17.5 Å². The number of benzene rings is 2. The molecule has 5 nitrogen and oxygen atoms in total. The van der Waals surface area contributed by atoms with Gasteiger partial charge in [0.25, 0.3) is 0 Å². The number of aromatic amines is 1. The summed E-state index contributed by atoms with van der Waals surface area (Å²) in [6, 6.07) is 7.77. The zero-order chi connectivity index (χ0) is 21.1. The van der Waals surface area contributed by atoms with E-state index in [0.29, 0.717) is 34.3 Å². The minimum absolute atomic E-state index is 0.0792. The molecule has 4 rings (SSSR count). The van der Waals surface area contributed by atoms with Crippen LogP contribution in [0.4, 0.5) is 13.2 Å². The first-order chi connectivity index (χ1) is 14.5. The Hall–Kier alpha value is -3.68. The van der Waals surface area contributed by atoms with E-state index in [9.17, 15) is 18.0 Å². The van der Waals surface area contributed by atoms with Crippen LogP contribution >= 0.6 is 0 Å². The molecule has 0 saturated heterocycles. The maximum absolute atomic E-state index is 14.3. The highest BCUT2D eigenvalue weighted by molar-refractivity contribution is 5.91. The summed E-state index contributed by atoms with van der Waals surface area (Å²) >= 11 is 0. The molecule has 0 radical (unpaired) electrons. The number of H-pyrrole nitrogens is 1. The molecule has 2 N–H and O–H groups in total. The standard InChI is InChI=1S/C22H17F3N4O/c23-14-3-1-13(2-4-14)21-17(18-9-15(24)10-19(25)22(18)29-21)5-6-28-20(30)11-16-12-26-7-8-27-16/h1-4,7-10,12,29H,5-6,11H2,(H,28,30). The number of aromatic nitrogens is 3. The molecular weight excluding hydrogens is 393 g/mol. The molecule has 2 aromatic carbocycles. The van der Waals surface area contributed by atoms with E-state index < -0.39 is 17.5 Å². The van der Waals surface area contributed by atoms with Crippen LogP contribution < -0.4 is 5.32 Å². The van der Waals surface area contributed by atoms with Gasteiger partial charge in [0.2, 0.25) is 5.91 Å². The molecule has 0 aliphatic carbocycles. The first-order valence-electron chi connectivity index (χ1n) is 9.28. The maximum atomic E-state index is 14.3. The molecule has 0 spiro atoms. The highest BCUT2D eigenvalue weighted by Crippen LogP contribution is 2.32. The number of carbonyl (C=O) groups is 1. The predicted molar refractivity (Wildman–Crippen MR) is 106 cm³/mol. The van der Waals surface area contributed by atoms with Gasteiger partial charge in [-0.3, -0.25) is 14.8 Å². The summed E-state index contributed by atoms with van der Waals surface area (Å²) in [7, 11) is 0. The van der Waals surface area contributed by atoms with Crippen LogP contribution in [0.2, 0.25) is 0 Å². The number of amides is 1. The molecule has 152 valence electrons. The third kappa shape index (κ3) is 4.17. The van der Waals surface area contributed by atoms with E-state index in [1.54, 1.807) is 12.1 Å². The van der Waals surface area contributed by atoms with Crippen molar-refractivity contribution in [3.05, 3.63) is 83.7 Å². The van der Waals surface area contributed by atoms with E-state index in [2.05, 4.69) is 20.3 Å². The van der Waals surface area contributed by atoms with E-state index >= 15 is 0 Å². The van der Waals surface area contributed by atoms with Gasteiger partial charge in [-0.15, -0.1) is 0 Å². The lowest BCUT2D eigenvalue weighted by molar-refractivity contribution is -0.120. The van der Waals surface area contributed by atoms with Crippen molar-refractivity contribution in [3.8, 4) is 11.3 Å². The van der Waals surface area contributed by atoms with Crippen LogP contribution in [-0.2, 0) is 17.6 Å². The van der Waals surface area contributed by atoms with Crippen molar-refractivity contribution in [3.63, 3.8) is 0 Å². The number of nitrogens with one attached hydrogen (secondary N) is 2. The van der Waals surface area contributed by atoms with Gasteiger partial charge in [0, 0.05) is 42.3 Å². The Bertz CT molecular complexity index is 1190. The van der Waals surface area contributed by atoms with Gasteiger partial charge < -0.3 is 10.3 Å². The summed E-state index contributed by atoms with van der Waals surface area (Å²) in [6.45, 7) is 0.248. The number of nitrogens with zero attached hydrogens (tertiary/aromatic N) is 2. The minimum Gasteiger partial charge on any atom is -0.355 e. The van der Waals surface area contributed by atoms with Gasteiger partial charge >= 0.3 is 0 Å². The lowest BCUT2D eigenvalue weighted by Gasteiger charge is -2.08. The Morgan fingerprint density at radius 3 is 2.57 bits per heavy atom. The van der Waals surface area contributed by atoms with Gasteiger partial charge in [-0.25, -0.2) is 13.2 Å². The highest BCUT2D eigenvalue weighted by Gasteiger charge is 2.17. The predicted octanol–water partition coefficient (Wildman–Crippen LogP) is 3.94. The number of hydrogen-bond donors (Lipinski definition) is 2. The number of fused-ring (bicyclic) bond motifs is 1. The van der Waals surface area contributed by atoms with Crippen molar-refractivity contribution in [1.29, 1.82) is 0 Å². The van der Waals surface area contributed by atoms with Crippen LogP contribution in [0.5, 0.6) is 0 Å². The van der Waals surface area contributed by atoms with Crippen molar-refractivity contribution in [2.24, 2.45) is 0 Å². The first kappa shape index (κ1) is 19.6. The minimum atomic E-state index is -0.716. The van der Waals surface area contributed by atoms with E-state index in [-0.39, 0.29) is 24.4 Å². The Morgan fingerprint density at radius 2 is 1.83 bits per heavy atom. The molecule has 0 unspecified atom stereocenters. The third-order valence-electron chi connectivity index (χ3n) is 4.72. The van der Waals surface area contributed by atoms with Gasteiger partial charge in [0.1, 0.15) is 17.5 Å². The van der Waals surface area contributed by atoms with E-state index in [1.165, 1.54) is 36.8 Å². The molecule has 4 aromatic rings. The smallest absolute Gasteiger partial charge is 0.226 e. The van der Waals surface area contributed by atoms with E-state index in [0.717, 1.165) is 6.07 Å². The summed E-state index contributed by atoms with van der Waals surface area (Å²) in [5.41, 5.74) is 2.52.